The SMILES string of the molecule is CC1(c2cccc(Nc3nc4cc([N+](=O)[O-])ccc4s3)c2)CCSC(N)=N1. The number of anilines is 2. The van der Waals surface area contributed by atoms with Crippen LogP contribution in [0, 0.1) is 10.1 Å². The topological polar surface area (TPSA) is 106 Å². The van der Waals surface area contributed by atoms with E-state index in [2.05, 4.69) is 34.3 Å². The van der Waals surface area contributed by atoms with Crippen molar-refractivity contribution >= 4 is 55.0 Å². The second-order valence-electron chi connectivity index (χ2n) is 6.46. The lowest BCUT2D eigenvalue weighted by Crippen LogP contribution is -2.28. The normalized spacial score (nSPS) is 19.7. The Balaban J connectivity index is 1.63. The summed E-state index contributed by atoms with van der Waals surface area (Å²) in [6, 6.07) is 12.8. The molecule has 1 aliphatic heterocycles. The number of fused-ring (bicyclic) bond motifs is 1. The van der Waals surface area contributed by atoms with Crippen molar-refractivity contribution in [3.05, 3.63) is 58.1 Å². The van der Waals surface area contributed by atoms with Crippen molar-refractivity contribution in [3.8, 4) is 0 Å². The van der Waals surface area contributed by atoms with Crippen molar-refractivity contribution in [3.63, 3.8) is 0 Å². The summed E-state index contributed by atoms with van der Waals surface area (Å²) in [7, 11) is 0. The van der Waals surface area contributed by atoms with Gasteiger partial charge in [-0.15, -0.1) is 0 Å². The highest BCUT2D eigenvalue weighted by atomic mass is 32.2. The number of thioether (sulfide) groups is 1. The van der Waals surface area contributed by atoms with Crippen LogP contribution in [0.25, 0.3) is 10.2 Å². The Labute approximate surface area is 163 Å². The number of rotatable bonds is 4. The van der Waals surface area contributed by atoms with Crippen LogP contribution in [0.1, 0.15) is 18.9 Å². The minimum atomic E-state index is -0.412. The summed E-state index contributed by atoms with van der Waals surface area (Å²) in [5.74, 6) is 0.945. The van der Waals surface area contributed by atoms with Gasteiger partial charge >= 0.3 is 0 Å². The summed E-state index contributed by atoms with van der Waals surface area (Å²) in [6.07, 6.45) is 0.923. The van der Waals surface area contributed by atoms with E-state index in [1.54, 1.807) is 17.8 Å². The highest BCUT2D eigenvalue weighted by Crippen LogP contribution is 2.37. The van der Waals surface area contributed by atoms with Gasteiger partial charge in [0.15, 0.2) is 10.3 Å². The molecule has 3 aromatic rings. The van der Waals surface area contributed by atoms with E-state index in [9.17, 15) is 10.1 Å². The smallest absolute Gasteiger partial charge is 0.271 e. The summed E-state index contributed by atoms with van der Waals surface area (Å²) in [4.78, 5) is 19.6. The number of aliphatic imine (C=N–C) groups is 1. The Bertz CT molecular complexity index is 1060. The molecule has 7 nitrogen and oxygen atoms in total. The molecule has 9 heteroatoms. The zero-order valence-corrected chi connectivity index (χ0v) is 16.1. The minimum absolute atomic E-state index is 0.0416. The van der Waals surface area contributed by atoms with Gasteiger partial charge < -0.3 is 11.1 Å². The third-order valence-corrected chi connectivity index (χ3v) is 6.26. The van der Waals surface area contributed by atoms with Gasteiger partial charge in [0.2, 0.25) is 0 Å². The second kappa shape index (κ2) is 6.82. The van der Waals surface area contributed by atoms with E-state index in [1.165, 1.54) is 23.5 Å². The van der Waals surface area contributed by atoms with Crippen LogP contribution >= 0.6 is 23.1 Å². The number of amidine groups is 1. The molecule has 27 heavy (non-hydrogen) atoms. The van der Waals surface area contributed by atoms with E-state index < -0.39 is 4.92 Å². The average molecular weight is 400 g/mol. The monoisotopic (exact) mass is 399 g/mol. The van der Waals surface area contributed by atoms with Crippen molar-refractivity contribution in [2.45, 2.75) is 18.9 Å². The van der Waals surface area contributed by atoms with E-state index in [-0.39, 0.29) is 11.2 Å². The molecule has 0 radical (unpaired) electrons. The maximum atomic E-state index is 10.9. The standard InChI is InChI=1S/C18H17N5O2S2/c1-18(7-8-26-16(19)22-18)11-3-2-4-12(9-11)20-17-21-14-10-13(23(24)25)5-6-15(14)27-17/h2-6,9-10H,7-8H2,1H3,(H2,19,22)(H,20,21). The van der Waals surface area contributed by atoms with Crippen molar-refractivity contribution in [2.75, 3.05) is 11.1 Å². The highest BCUT2D eigenvalue weighted by molar-refractivity contribution is 8.13. The number of nitrogens with zero attached hydrogens (tertiary/aromatic N) is 3. The molecule has 4 rings (SSSR count). The first kappa shape index (κ1) is 17.7. The van der Waals surface area contributed by atoms with Gasteiger partial charge in [-0.3, -0.25) is 15.1 Å². The fourth-order valence-corrected chi connectivity index (χ4v) is 4.87. The van der Waals surface area contributed by atoms with Gasteiger partial charge in [0.05, 0.1) is 20.7 Å². The fourth-order valence-electron chi connectivity index (χ4n) is 3.03. The van der Waals surface area contributed by atoms with Gasteiger partial charge in [0.25, 0.3) is 5.69 Å². The number of thiazole rings is 1. The van der Waals surface area contributed by atoms with E-state index in [1.807, 2.05) is 12.1 Å². The van der Waals surface area contributed by atoms with Crippen LogP contribution in [-0.2, 0) is 5.54 Å². The lowest BCUT2D eigenvalue weighted by atomic mass is 9.89. The molecule has 2 heterocycles. The maximum Gasteiger partial charge on any atom is 0.271 e. The van der Waals surface area contributed by atoms with Gasteiger partial charge in [0, 0.05) is 23.6 Å². The number of benzene rings is 2. The van der Waals surface area contributed by atoms with Crippen LogP contribution in [-0.4, -0.2) is 20.8 Å². The fraction of sp³-hybridized carbons (Fsp3) is 0.222. The number of hydrogen-bond acceptors (Lipinski definition) is 8. The molecule has 0 aliphatic carbocycles. The number of nitro benzene ring substituents is 1. The summed E-state index contributed by atoms with van der Waals surface area (Å²) in [5.41, 5.74) is 8.24. The van der Waals surface area contributed by atoms with Crippen LogP contribution in [0.2, 0.25) is 0 Å². The van der Waals surface area contributed by atoms with Crippen LogP contribution in [0.4, 0.5) is 16.5 Å². The van der Waals surface area contributed by atoms with Crippen molar-refractivity contribution < 1.29 is 4.92 Å². The molecule has 0 bridgehead atoms. The lowest BCUT2D eigenvalue weighted by Gasteiger charge is -2.30. The zero-order valence-electron chi connectivity index (χ0n) is 14.5. The third-order valence-electron chi connectivity index (χ3n) is 4.51. The molecule has 3 N–H and O–H groups in total. The Morgan fingerprint density at radius 3 is 2.93 bits per heavy atom. The lowest BCUT2D eigenvalue weighted by molar-refractivity contribution is -0.384. The molecule has 138 valence electrons. The molecule has 0 amide bonds. The van der Waals surface area contributed by atoms with Gasteiger partial charge in [-0.05, 0) is 37.1 Å². The first-order valence-electron chi connectivity index (χ1n) is 8.34. The van der Waals surface area contributed by atoms with Gasteiger partial charge in [0.1, 0.15) is 0 Å². The first-order chi connectivity index (χ1) is 12.9. The molecule has 1 aliphatic rings. The van der Waals surface area contributed by atoms with Gasteiger partial charge in [-0.25, -0.2) is 4.98 Å². The number of non-ortho nitro benzene ring substituents is 1. The maximum absolute atomic E-state index is 10.9. The Morgan fingerprint density at radius 1 is 1.30 bits per heavy atom. The predicted octanol–water partition coefficient (Wildman–Crippen LogP) is 4.61. The average Bonchev–Trinajstić information content (AvgIpc) is 3.03. The summed E-state index contributed by atoms with van der Waals surface area (Å²) in [5, 5.41) is 15.5. The molecule has 1 aromatic heterocycles. The summed E-state index contributed by atoms with van der Waals surface area (Å²) >= 11 is 3.04. The molecular formula is C18H17N5O2S2. The van der Waals surface area contributed by atoms with E-state index in [0.717, 1.165) is 28.1 Å². The number of nitro groups is 1. The predicted molar refractivity (Wildman–Crippen MR) is 112 cm³/mol. The third kappa shape index (κ3) is 3.60. The Kier molecular flexibility index (Phi) is 4.48. The molecule has 0 saturated carbocycles. The van der Waals surface area contributed by atoms with Gasteiger partial charge in [-0.2, -0.15) is 0 Å². The van der Waals surface area contributed by atoms with Crippen molar-refractivity contribution in [1.29, 1.82) is 0 Å². The minimum Gasteiger partial charge on any atom is -0.379 e. The quantitative estimate of drug-likeness (QED) is 0.490. The number of aromatic nitrogens is 1. The van der Waals surface area contributed by atoms with Crippen LogP contribution in [0.3, 0.4) is 0 Å². The largest absolute Gasteiger partial charge is 0.379 e. The second-order valence-corrected chi connectivity index (χ2v) is 8.60. The van der Waals surface area contributed by atoms with Crippen LogP contribution in [0.15, 0.2) is 47.5 Å². The van der Waals surface area contributed by atoms with E-state index >= 15 is 0 Å². The van der Waals surface area contributed by atoms with Crippen LogP contribution in [0.5, 0.6) is 0 Å². The van der Waals surface area contributed by atoms with E-state index in [0.29, 0.717) is 15.8 Å². The number of nitrogens with one attached hydrogen (secondary N) is 1. The summed E-state index contributed by atoms with van der Waals surface area (Å²) < 4.78 is 0.896. The molecule has 0 saturated heterocycles. The highest BCUT2D eigenvalue weighted by Gasteiger charge is 2.29. The number of nitrogens with two attached hydrogens (primary N) is 1. The molecule has 0 fully saturated rings. The molecule has 0 spiro atoms. The van der Waals surface area contributed by atoms with Crippen LogP contribution < -0.4 is 11.1 Å². The Morgan fingerprint density at radius 2 is 2.15 bits per heavy atom. The van der Waals surface area contributed by atoms with Crippen molar-refractivity contribution in [1.82, 2.24) is 4.98 Å². The number of hydrogen-bond donors (Lipinski definition) is 2. The summed E-state index contributed by atoms with van der Waals surface area (Å²) in [6.45, 7) is 2.09. The first-order valence-corrected chi connectivity index (χ1v) is 10.1. The van der Waals surface area contributed by atoms with E-state index in [4.69, 9.17) is 5.73 Å². The molecule has 1 unspecified atom stereocenters. The zero-order chi connectivity index (χ0) is 19.0. The molecular weight excluding hydrogens is 382 g/mol. The molecule has 1 atom stereocenters. The molecule has 2 aromatic carbocycles. The van der Waals surface area contributed by atoms with Crippen molar-refractivity contribution in [2.24, 2.45) is 10.7 Å². The van der Waals surface area contributed by atoms with Gasteiger partial charge in [-0.1, -0.05) is 35.2 Å². The Hall–Kier alpha value is -2.65.